The zero-order valence-electron chi connectivity index (χ0n) is 7.94. The van der Waals surface area contributed by atoms with Crippen LogP contribution in [0.15, 0.2) is 41.8 Å². The molecule has 2 aromatic rings. The molecule has 0 fully saturated rings. The molecule has 72 valence electrons. The predicted molar refractivity (Wildman–Crippen MR) is 62.5 cm³/mol. The Morgan fingerprint density at radius 1 is 1.07 bits per heavy atom. The van der Waals surface area contributed by atoms with Crippen LogP contribution in [0.2, 0.25) is 0 Å². The Labute approximate surface area is 88.2 Å². The van der Waals surface area contributed by atoms with Crippen LogP contribution in [-0.4, -0.2) is 6.54 Å². The average Bonchev–Trinajstić information content (AvgIpc) is 2.68. The first-order valence-electron chi connectivity index (χ1n) is 4.73. The highest BCUT2D eigenvalue weighted by Gasteiger charge is 2.00. The Bertz CT molecular complexity index is 392. The second-order valence-corrected chi connectivity index (χ2v) is 4.20. The standard InChI is InChI=1S/C12H13NS/c13-7-6-12-8-11(9-14-12)10-4-2-1-3-5-10/h1-5,8-9H,6-7,13H2. The van der Waals surface area contributed by atoms with Crippen LogP contribution in [0.25, 0.3) is 11.1 Å². The lowest BCUT2D eigenvalue weighted by atomic mass is 10.1. The van der Waals surface area contributed by atoms with Gasteiger partial charge in [0.05, 0.1) is 0 Å². The van der Waals surface area contributed by atoms with Gasteiger partial charge in [-0.3, -0.25) is 0 Å². The fourth-order valence-corrected chi connectivity index (χ4v) is 2.35. The maximum atomic E-state index is 5.52. The molecule has 0 aliphatic carbocycles. The lowest BCUT2D eigenvalue weighted by Gasteiger charge is -1.95. The van der Waals surface area contributed by atoms with E-state index >= 15 is 0 Å². The van der Waals surface area contributed by atoms with Crippen LogP contribution >= 0.6 is 11.3 Å². The lowest BCUT2D eigenvalue weighted by Crippen LogP contribution is -2.00. The van der Waals surface area contributed by atoms with E-state index in [1.807, 2.05) is 6.07 Å². The number of thiophene rings is 1. The molecule has 2 N–H and O–H groups in total. The molecule has 0 atom stereocenters. The van der Waals surface area contributed by atoms with Gasteiger partial charge in [-0.1, -0.05) is 30.3 Å². The largest absolute Gasteiger partial charge is 0.330 e. The van der Waals surface area contributed by atoms with Gasteiger partial charge in [-0.05, 0) is 35.5 Å². The van der Waals surface area contributed by atoms with Crippen molar-refractivity contribution < 1.29 is 0 Å². The normalized spacial score (nSPS) is 10.4. The Morgan fingerprint density at radius 2 is 1.86 bits per heavy atom. The smallest absolute Gasteiger partial charge is 0.00641 e. The predicted octanol–water partition coefficient (Wildman–Crippen LogP) is 2.92. The molecule has 0 aliphatic heterocycles. The number of rotatable bonds is 3. The molecule has 1 aromatic carbocycles. The first-order chi connectivity index (χ1) is 6.90. The monoisotopic (exact) mass is 203 g/mol. The first kappa shape index (κ1) is 9.44. The Kier molecular flexibility index (Phi) is 2.96. The molecule has 0 spiro atoms. The third-order valence-electron chi connectivity index (χ3n) is 2.15. The topological polar surface area (TPSA) is 26.0 Å². The minimum Gasteiger partial charge on any atom is -0.330 e. The molecule has 1 aromatic heterocycles. The van der Waals surface area contributed by atoms with E-state index in [0.29, 0.717) is 0 Å². The molecule has 0 amide bonds. The van der Waals surface area contributed by atoms with Crippen molar-refractivity contribution in [3.8, 4) is 11.1 Å². The van der Waals surface area contributed by atoms with Crippen LogP contribution < -0.4 is 5.73 Å². The molecule has 0 saturated carbocycles. The van der Waals surface area contributed by atoms with Gasteiger partial charge < -0.3 is 5.73 Å². The van der Waals surface area contributed by atoms with Crippen LogP contribution in [0.5, 0.6) is 0 Å². The van der Waals surface area contributed by atoms with Gasteiger partial charge in [-0.15, -0.1) is 11.3 Å². The molecule has 0 unspecified atom stereocenters. The fourth-order valence-electron chi connectivity index (χ4n) is 1.44. The molecular formula is C12H13NS. The summed E-state index contributed by atoms with van der Waals surface area (Å²) in [5, 5.41) is 2.19. The summed E-state index contributed by atoms with van der Waals surface area (Å²) in [6.07, 6.45) is 0.984. The molecule has 0 bridgehead atoms. The zero-order valence-corrected chi connectivity index (χ0v) is 8.76. The summed E-state index contributed by atoms with van der Waals surface area (Å²) >= 11 is 1.79. The van der Waals surface area contributed by atoms with Gasteiger partial charge in [0.2, 0.25) is 0 Å². The Balaban J connectivity index is 2.25. The molecule has 1 heterocycles. The number of hydrogen-bond donors (Lipinski definition) is 1. The maximum Gasteiger partial charge on any atom is 0.00641 e. The minimum absolute atomic E-state index is 0.731. The van der Waals surface area contributed by atoms with E-state index in [-0.39, 0.29) is 0 Å². The third kappa shape index (κ3) is 2.03. The van der Waals surface area contributed by atoms with Crippen LogP contribution in [0.1, 0.15) is 4.88 Å². The molecular weight excluding hydrogens is 190 g/mol. The third-order valence-corrected chi connectivity index (χ3v) is 3.15. The summed E-state index contributed by atoms with van der Waals surface area (Å²) in [7, 11) is 0. The van der Waals surface area contributed by atoms with Crippen LogP contribution in [0.3, 0.4) is 0 Å². The zero-order chi connectivity index (χ0) is 9.80. The van der Waals surface area contributed by atoms with Crippen molar-refractivity contribution in [3.63, 3.8) is 0 Å². The highest BCUT2D eigenvalue weighted by molar-refractivity contribution is 7.10. The fraction of sp³-hybridized carbons (Fsp3) is 0.167. The van der Waals surface area contributed by atoms with Crippen LogP contribution in [0.4, 0.5) is 0 Å². The molecule has 1 nitrogen and oxygen atoms in total. The SMILES string of the molecule is NCCc1cc(-c2ccccc2)cs1. The van der Waals surface area contributed by atoms with E-state index in [1.54, 1.807) is 11.3 Å². The Morgan fingerprint density at radius 3 is 2.57 bits per heavy atom. The minimum atomic E-state index is 0.731. The number of nitrogens with two attached hydrogens (primary N) is 1. The van der Waals surface area contributed by atoms with Crippen LogP contribution in [-0.2, 0) is 6.42 Å². The summed E-state index contributed by atoms with van der Waals surface area (Å²) in [4.78, 5) is 1.37. The first-order valence-corrected chi connectivity index (χ1v) is 5.61. The maximum absolute atomic E-state index is 5.52. The van der Waals surface area contributed by atoms with E-state index in [1.165, 1.54) is 16.0 Å². The summed E-state index contributed by atoms with van der Waals surface area (Å²) in [5.74, 6) is 0. The quantitative estimate of drug-likeness (QED) is 0.815. The molecule has 0 aliphatic rings. The van der Waals surface area contributed by atoms with Gasteiger partial charge in [-0.25, -0.2) is 0 Å². The summed E-state index contributed by atoms with van der Waals surface area (Å²) in [6.45, 7) is 0.731. The van der Waals surface area contributed by atoms with Crippen molar-refractivity contribution in [3.05, 3.63) is 46.7 Å². The number of benzene rings is 1. The van der Waals surface area contributed by atoms with Crippen molar-refractivity contribution in [2.45, 2.75) is 6.42 Å². The van der Waals surface area contributed by atoms with Crippen molar-refractivity contribution in [2.75, 3.05) is 6.54 Å². The van der Waals surface area contributed by atoms with E-state index in [4.69, 9.17) is 5.73 Å². The Hall–Kier alpha value is -1.12. The lowest BCUT2D eigenvalue weighted by molar-refractivity contribution is 0.989. The van der Waals surface area contributed by atoms with Crippen molar-refractivity contribution in [1.82, 2.24) is 0 Å². The van der Waals surface area contributed by atoms with Gasteiger partial charge >= 0.3 is 0 Å². The van der Waals surface area contributed by atoms with E-state index < -0.39 is 0 Å². The van der Waals surface area contributed by atoms with E-state index in [9.17, 15) is 0 Å². The highest BCUT2D eigenvalue weighted by Crippen LogP contribution is 2.25. The average molecular weight is 203 g/mol. The van der Waals surface area contributed by atoms with Crippen LogP contribution in [0, 0.1) is 0 Å². The van der Waals surface area contributed by atoms with Gasteiger partial charge in [0.25, 0.3) is 0 Å². The van der Waals surface area contributed by atoms with Crippen molar-refractivity contribution >= 4 is 11.3 Å². The summed E-state index contributed by atoms with van der Waals surface area (Å²) in [6, 6.07) is 12.7. The van der Waals surface area contributed by atoms with Gasteiger partial charge in [0.1, 0.15) is 0 Å². The van der Waals surface area contributed by atoms with Gasteiger partial charge in [0.15, 0.2) is 0 Å². The van der Waals surface area contributed by atoms with Crippen molar-refractivity contribution in [1.29, 1.82) is 0 Å². The second-order valence-electron chi connectivity index (χ2n) is 3.21. The molecule has 14 heavy (non-hydrogen) atoms. The summed E-state index contributed by atoms with van der Waals surface area (Å²) < 4.78 is 0. The molecule has 0 saturated heterocycles. The number of hydrogen-bond acceptors (Lipinski definition) is 2. The molecule has 2 heteroatoms. The van der Waals surface area contributed by atoms with Crippen molar-refractivity contribution in [2.24, 2.45) is 5.73 Å². The van der Waals surface area contributed by atoms with E-state index in [0.717, 1.165) is 13.0 Å². The molecule has 0 radical (unpaired) electrons. The van der Waals surface area contributed by atoms with Gasteiger partial charge in [-0.2, -0.15) is 0 Å². The van der Waals surface area contributed by atoms with E-state index in [2.05, 4.69) is 35.7 Å². The molecule has 2 rings (SSSR count). The second kappa shape index (κ2) is 4.40. The highest BCUT2D eigenvalue weighted by atomic mass is 32.1. The summed E-state index contributed by atoms with van der Waals surface area (Å²) in [5.41, 5.74) is 8.10. The van der Waals surface area contributed by atoms with Gasteiger partial charge in [0, 0.05) is 4.88 Å².